The van der Waals surface area contributed by atoms with Crippen LogP contribution in [-0.2, 0) is 0 Å². The van der Waals surface area contributed by atoms with Crippen LogP contribution in [0.2, 0.25) is 0 Å². The molecule has 0 aliphatic carbocycles. The standard InChI is InChI=1S/C15H15F2N3O/c1-2-6-19-15(21)10-7-11(9-18-8-10)20-14-12(16)4-3-5-13(14)17/h3-5,7-9,20H,2,6H2,1H3,(H,19,21). The lowest BCUT2D eigenvalue weighted by Gasteiger charge is -2.09. The molecule has 0 radical (unpaired) electrons. The summed E-state index contributed by atoms with van der Waals surface area (Å²) in [4.78, 5) is 15.7. The van der Waals surface area contributed by atoms with E-state index in [0.717, 1.165) is 18.6 Å². The Morgan fingerprint density at radius 2 is 1.95 bits per heavy atom. The van der Waals surface area contributed by atoms with Gasteiger partial charge in [-0.1, -0.05) is 13.0 Å². The lowest BCUT2D eigenvalue weighted by Crippen LogP contribution is -2.24. The van der Waals surface area contributed by atoms with E-state index in [2.05, 4.69) is 15.6 Å². The molecule has 2 aromatic rings. The van der Waals surface area contributed by atoms with Gasteiger partial charge in [0.25, 0.3) is 5.91 Å². The van der Waals surface area contributed by atoms with Crippen LogP contribution >= 0.6 is 0 Å². The minimum absolute atomic E-state index is 0.273. The van der Waals surface area contributed by atoms with Crippen LogP contribution < -0.4 is 10.6 Å². The van der Waals surface area contributed by atoms with Crippen molar-refractivity contribution in [1.82, 2.24) is 10.3 Å². The zero-order chi connectivity index (χ0) is 15.2. The van der Waals surface area contributed by atoms with Gasteiger partial charge in [-0.05, 0) is 24.6 Å². The van der Waals surface area contributed by atoms with Crippen LogP contribution in [0.25, 0.3) is 0 Å². The van der Waals surface area contributed by atoms with Crippen molar-refractivity contribution in [3.8, 4) is 0 Å². The number of carbonyl (C=O) groups is 1. The van der Waals surface area contributed by atoms with E-state index >= 15 is 0 Å². The molecule has 1 amide bonds. The van der Waals surface area contributed by atoms with Crippen molar-refractivity contribution in [2.24, 2.45) is 0 Å². The number of amides is 1. The zero-order valence-corrected chi connectivity index (χ0v) is 11.5. The Kier molecular flexibility index (Phi) is 4.81. The van der Waals surface area contributed by atoms with Crippen LogP contribution in [0.4, 0.5) is 20.2 Å². The predicted octanol–water partition coefficient (Wildman–Crippen LogP) is 3.24. The average Bonchev–Trinajstić information content (AvgIpc) is 2.49. The maximum atomic E-state index is 13.6. The van der Waals surface area contributed by atoms with Crippen LogP contribution in [0.15, 0.2) is 36.7 Å². The molecule has 110 valence electrons. The van der Waals surface area contributed by atoms with Crippen LogP contribution in [0.1, 0.15) is 23.7 Å². The zero-order valence-electron chi connectivity index (χ0n) is 11.5. The number of hydrogen-bond donors (Lipinski definition) is 2. The summed E-state index contributed by atoms with van der Waals surface area (Å²) >= 11 is 0. The molecule has 0 spiro atoms. The fourth-order valence-electron chi connectivity index (χ4n) is 1.73. The first-order chi connectivity index (χ1) is 10.1. The Bertz CT molecular complexity index is 626. The molecular formula is C15H15F2N3O. The van der Waals surface area contributed by atoms with Crippen molar-refractivity contribution in [2.75, 3.05) is 11.9 Å². The quantitative estimate of drug-likeness (QED) is 0.889. The number of aromatic nitrogens is 1. The molecule has 6 heteroatoms. The summed E-state index contributed by atoms with van der Waals surface area (Å²) in [6.07, 6.45) is 3.61. The smallest absolute Gasteiger partial charge is 0.252 e. The van der Waals surface area contributed by atoms with Gasteiger partial charge in [0, 0.05) is 12.7 Å². The van der Waals surface area contributed by atoms with E-state index in [4.69, 9.17) is 0 Å². The molecule has 0 aliphatic rings. The van der Waals surface area contributed by atoms with Gasteiger partial charge in [0.2, 0.25) is 0 Å². The monoisotopic (exact) mass is 291 g/mol. The van der Waals surface area contributed by atoms with Crippen molar-refractivity contribution in [2.45, 2.75) is 13.3 Å². The molecule has 0 saturated carbocycles. The van der Waals surface area contributed by atoms with E-state index in [1.54, 1.807) is 0 Å². The molecule has 0 fully saturated rings. The maximum Gasteiger partial charge on any atom is 0.252 e. The van der Waals surface area contributed by atoms with Crippen molar-refractivity contribution in [3.05, 3.63) is 53.9 Å². The fraction of sp³-hybridized carbons (Fsp3) is 0.200. The Labute approximate surface area is 121 Å². The van der Waals surface area contributed by atoms with E-state index in [1.165, 1.54) is 24.5 Å². The normalized spacial score (nSPS) is 10.2. The van der Waals surface area contributed by atoms with Gasteiger partial charge in [0.1, 0.15) is 17.3 Å². The van der Waals surface area contributed by atoms with Gasteiger partial charge in [0.05, 0.1) is 17.4 Å². The lowest BCUT2D eigenvalue weighted by molar-refractivity contribution is 0.0953. The van der Waals surface area contributed by atoms with Gasteiger partial charge in [-0.3, -0.25) is 9.78 Å². The van der Waals surface area contributed by atoms with Crippen molar-refractivity contribution in [3.63, 3.8) is 0 Å². The van der Waals surface area contributed by atoms with Gasteiger partial charge in [-0.2, -0.15) is 0 Å². The molecular weight excluding hydrogens is 276 g/mol. The highest BCUT2D eigenvalue weighted by Crippen LogP contribution is 2.23. The van der Waals surface area contributed by atoms with E-state index in [-0.39, 0.29) is 11.6 Å². The lowest BCUT2D eigenvalue weighted by atomic mass is 10.2. The van der Waals surface area contributed by atoms with Crippen LogP contribution in [0, 0.1) is 11.6 Å². The minimum atomic E-state index is -0.712. The molecule has 4 nitrogen and oxygen atoms in total. The van der Waals surface area contributed by atoms with Gasteiger partial charge < -0.3 is 10.6 Å². The summed E-state index contributed by atoms with van der Waals surface area (Å²) in [5.41, 5.74) is 0.388. The number of pyridine rings is 1. The summed E-state index contributed by atoms with van der Waals surface area (Å²) in [6.45, 7) is 2.50. The number of nitrogens with zero attached hydrogens (tertiary/aromatic N) is 1. The second-order valence-corrected chi connectivity index (χ2v) is 4.44. The highest BCUT2D eigenvalue weighted by molar-refractivity contribution is 5.94. The molecule has 0 aliphatic heterocycles. The molecule has 2 N–H and O–H groups in total. The number of rotatable bonds is 5. The maximum absolute atomic E-state index is 13.6. The van der Waals surface area contributed by atoms with Crippen LogP contribution in [-0.4, -0.2) is 17.4 Å². The van der Waals surface area contributed by atoms with Gasteiger partial charge in [-0.25, -0.2) is 8.78 Å². The molecule has 0 unspecified atom stereocenters. The second kappa shape index (κ2) is 6.78. The van der Waals surface area contributed by atoms with E-state index in [9.17, 15) is 13.6 Å². The van der Waals surface area contributed by atoms with Gasteiger partial charge in [0.15, 0.2) is 0 Å². The second-order valence-electron chi connectivity index (χ2n) is 4.44. The number of carbonyl (C=O) groups excluding carboxylic acids is 1. The highest BCUT2D eigenvalue weighted by Gasteiger charge is 2.10. The highest BCUT2D eigenvalue weighted by atomic mass is 19.1. The van der Waals surface area contributed by atoms with E-state index in [1.807, 2.05) is 6.92 Å². The fourth-order valence-corrected chi connectivity index (χ4v) is 1.73. The third kappa shape index (κ3) is 3.75. The first-order valence-electron chi connectivity index (χ1n) is 6.56. The van der Waals surface area contributed by atoms with Crippen molar-refractivity contribution < 1.29 is 13.6 Å². The first kappa shape index (κ1) is 14.9. The Morgan fingerprint density at radius 1 is 1.24 bits per heavy atom. The molecule has 1 aromatic heterocycles. The molecule has 21 heavy (non-hydrogen) atoms. The van der Waals surface area contributed by atoms with Crippen LogP contribution in [0.3, 0.4) is 0 Å². The van der Waals surface area contributed by atoms with Crippen molar-refractivity contribution >= 4 is 17.3 Å². The predicted molar refractivity (Wildman–Crippen MR) is 76.5 cm³/mol. The Balaban J connectivity index is 2.20. The molecule has 0 bridgehead atoms. The number of benzene rings is 1. The largest absolute Gasteiger partial charge is 0.352 e. The minimum Gasteiger partial charge on any atom is -0.352 e. The molecule has 0 saturated heterocycles. The Hall–Kier alpha value is -2.50. The summed E-state index contributed by atoms with van der Waals surface area (Å²) in [7, 11) is 0. The summed E-state index contributed by atoms with van der Waals surface area (Å²) in [6, 6.07) is 5.07. The molecule has 1 aromatic carbocycles. The van der Waals surface area contributed by atoms with E-state index in [0.29, 0.717) is 17.8 Å². The molecule has 0 atom stereocenters. The average molecular weight is 291 g/mol. The SMILES string of the molecule is CCCNC(=O)c1cncc(Nc2c(F)cccc2F)c1. The molecule has 2 rings (SSSR count). The number of nitrogens with one attached hydrogen (secondary N) is 2. The summed E-state index contributed by atoms with van der Waals surface area (Å²) < 4.78 is 27.1. The van der Waals surface area contributed by atoms with Gasteiger partial charge in [-0.15, -0.1) is 0 Å². The third-order valence-corrected chi connectivity index (χ3v) is 2.77. The number of para-hydroxylation sites is 1. The first-order valence-corrected chi connectivity index (χ1v) is 6.56. The number of hydrogen-bond acceptors (Lipinski definition) is 3. The number of halogens is 2. The third-order valence-electron chi connectivity index (χ3n) is 2.77. The summed E-state index contributed by atoms with van der Waals surface area (Å²) in [5, 5.41) is 5.31. The number of anilines is 2. The Morgan fingerprint density at radius 3 is 2.62 bits per heavy atom. The van der Waals surface area contributed by atoms with Crippen molar-refractivity contribution in [1.29, 1.82) is 0 Å². The van der Waals surface area contributed by atoms with Crippen LogP contribution in [0.5, 0.6) is 0 Å². The van der Waals surface area contributed by atoms with E-state index < -0.39 is 11.6 Å². The van der Waals surface area contributed by atoms with Gasteiger partial charge >= 0.3 is 0 Å². The summed E-state index contributed by atoms with van der Waals surface area (Å²) in [5.74, 6) is -1.70. The topological polar surface area (TPSA) is 54.0 Å². The molecule has 1 heterocycles.